The first-order valence-corrected chi connectivity index (χ1v) is 9.44. The second-order valence-corrected chi connectivity index (χ2v) is 6.98. The van der Waals surface area contributed by atoms with E-state index in [1.54, 1.807) is 12.3 Å². The molecule has 0 aliphatic carbocycles. The maximum atomic E-state index is 11.3. The second-order valence-electron chi connectivity index (χ2n) is 6.98. The summed E-state index contributed by atoms with van der Waals surface area (Å²) in [6.45, 7) is 3.87. The molecule has 2 aliphatic heterocycles. The lowest BCUT2D eigenvalue weighted by molar-refractivity contribution is 0.122. The monoisotopic (exact) mass is 372 g/mol. The van der Waals surface area contributed by atoms with Gasteiger partial charge in [0.15, 0.2) is 0 Å². The number of anilines is 1. The van der Waals surface area contributed by atoms with Gasteiger partial charge in [-0.3, -0.25) is 9.79 Å². The largest absolute Gasteiger partial charge is 0.378 e. The minimum absolute atomic E-state index is 0.0976. The summed E-state index contributed by atoms with van der Waals surface area (Å²) in [5, 5.41) is 0. The van der Waals surface area contributed by atoms with Gasteiger partial charge in [0.1, 0.15) is 5.82 Å². The number of aromatic amines is 1. The molecule has 0 atom stereocenters. The van der Waals surface area contributed by atoms with Crippen LogP contribution in [0.2, 0.25) is 0 Å². The molecular formula is C22H20N4O2. The topological polar surface area (TPSA) is 70.6 Å². The number of aromatic nitrogens is 2. The van der Waals surface area contributed by atoms with Gasteiger partial charge < -0.3 is 14.6 Å². The van der Waals surface area contributed by atoms with Crippen molar-refractivity contribution >= 4 is 11.5 Å². The van der Waals surface area contributed by atoms with Crippen LogP contribution in [0, 0.1) is 0 Å². The summed E-state index contributed by atoms with van der Waals surface area (Å²) in [6.07, 6.45) is 3.60. The molecule has 0 radical (unpaired) electrons. The van der Waals surface area contributed by atoms with E-state index >= 15 is 0 Å². The summed E-state index contributed by atoms with van der Waals surface area (Å²) >= 11 is 0. The van der Waals surface area contributed by atoms with E-state index in [1.807, 2.05) is 18.3 Å². The third kappa shape index (κ3) is 3.12. The Bertz CT molecular complexity index is 1090. The van der Waals surface area contributed by atoms with Crippen LogP contribution in [-0.2, 0) is 11.3 Å². The van der Waals surface area contributed by atoms with Crippen molar-refractivity contribution in [1.82, 2.24) is 9.97 Å². The van der Waals surface area contributed by atoms with Crippen LogP contribution >= 0.6 is 0 Å². The molecule has 140 valence electrons. The fourth-order valence-corrected chi connectivity index (χ4v) is 3.73. The van der Waals surface area contributed by atoms with Crippen LogP contribution in [-0.4, -0.2) is 42.0 Å². The molecule has 2 aliphatic rings. The number of fused-ring (bicyclic) bond motifs is 1. The van der Waals surface area contributed by atoms with E-state index in [0.717, 1.165) is 60.1 Å². The molecule has 4 heterocycles. The van der Waals surface area contributed by atoms with Crippen LogP contribution in [0.15, 0.2) is 64.6 Å². The number of benzene rings is 1. The minimum atomic E-state index is -0.0976. The molecule has 1 aromatic carbocycles. The molecule has 1 saturated heterocycles. The fraction of sp³-hybridized carbons (Fsp3) is 0.227. The van der Waals surface area contributed by atoms with Crippen molar-refractivity contribution in [3.8, 4) is 11.1 Å². The lowest BCUT2D eigenvalue weighted by atomic mass is 9.96. The van der Waals surface area contributed by atoms with Crippen molar-refractivity contribution in [2.45, 2.75) is 6.54 Å². The maximum absolute atomic E-state index is 11.3. The highest BCUT2D eigenvalue weighted by atomic mass is 16.5. The van der Waals surface area contributed by atoms with Gasteiger partial charge in [-0.2, -0.15) is 0 Å². The minimum Gasteiger partial charge on any atom is -0.378 e. The molecule has 1 fully saturated rings. The van der Waals surface area contributed by atoms with E-state index in [1.165, 1.54) is 5.56 Å². The summed E-state index contributed by atoms with van der Waals surface area (Å²) in [7, 11) is 0. The van der Waals surface area contributed by atoms with Gasteiger partial charge in [0.2, 0.25) is 5.56 Å². The van der Waals surface area contributed by atoms with Crippen LogP contribution in [0.3, 0.4) is 0 Å². The van der Waals surface area contributed by atoms with Gasteiger partial charge in [0.05, 0.1) is 25.5 Å². The molecule has 5 rings (SSSR count). The molecule has 0 bridgehead atoms. The highest BCUT2D eigenvalue weighted by molar-refractivity contribution is 6.15. The van der Waals surface area contributed by atoms with Gasteiger partial charge in [-0.05, 0) is 41.0 Å². The fourth-order valence-electron chi connectivity index (χ4n) is 3.73. The SMILES string of the molecule is O=c1ccc(-c2ccc3c(c2)C(c2ccnc(N4CCOCC4)c2)=NC3)c[nH]1. The Morgan fingerprint density at radius 1 is 0.964 bits per heavy atom. The number of morpholine rings is 1. The molecule has 28 heavy (non-hydrogen) atoms. The number of nitrogens with zero attached hydrogens (tertiary/aromatic N) is 3. The van der Waals surface area contributed by atoms with Crippen molar-refractivity contribution < 1.29 is 4.74 Å². The van der Waals surface area contributed by atoms with E-state index in [4.69, 9.17) is 9.73 Å². The second kappa shape index (κ2) is 7.05. The third-order valence-corrected chi connectivity index (χ3v) is 5.24. The predicted octanol–water partition coefficient (Wildman–Crippen LogP) is 2.62. The lowest BCUT2D eigenvalue weighted by Gasteiger charge is -2.28. The first-order valence-electron chi connectivity index (χ1n) is 9.44. The number of pyridine rings is 2. The van der Waals surface area contributed by atoms with Crippen molar-refractivity contribution in [1.29, 1.82) is 0 Å². The van der Waals surface area contributed by atoms with Gasteiger partial charge in [0.25, 0.3) is 0 Å². The standard InChI is InChI=1S/C22H20N4O2/c27-21-4-3-17(13-24-21)15-1-2-18-14-25-22(19(18)11-15)16-5-6-23-20(12-16)26-7-9-28-10-8-26/h1-6,11-13H,7-10,14H2,(H,24,27). The summed E-state index contributed by atoms with van der Waals surface area (Å²) in [4.78, 5) is 25.7. The Kier molecular flexibility index (Phi) is 4.25. The average molecular weight is 372 g/mol. The third-order valence-electron chi connectivity index (χ3n) is 5.24. The number of ether oxygens (including phenoxy) is 1. The Labute approximate surface area is 162 Å². The van der Waals surface area contributed by atoms with Gasteiger partial charge in [0, 0.05) is 42.7 Å². The quantitative estimate of drug-likeness (QED) is 0.767. The normalized spacial score (nSPS) is 16.0. The number of aliphatic imine (C=N–C) groups is 1. The van der Waals surface area contributed by atoms with E-state index in [-0.39, 0.29) is 5.56 Å². The average Bonchev–Trinajstić information content (AvgIpc) is 3.18. The molecule has 0 saturated carbocycles. The van der Waals surface area contributed by atoms with E-state index in [0.29, 0.717) is 6.54 Å². The summed E-state index contributed by atoms with van der Waals surface area (Å²) in [5.74, 6) is 0.966. The van der Waals surface area contributed by atoms with Crippen molar-refractivity contribution in [3.63, 3.8) is 0 Å². The Morgan fingerprint density at radius 2 is 1.82 bits per heavy atom. The molecular weight excluding hydrogens is 352 g/mol. The first kappa shape index (κ1) is 16.9. The van der Waals surface area contributed by atoms with Gasteiger partial charge in [-0.1, -0.05) is 12.1 Å². The van der Waals surface area contributed by atoms with Crippen LogP contribution in [0.25, 0.3) is 11.1 Å². The zero-order chi connectivity index (χ0) is 18.9. The molecule has 6 nitrogen and oxygen atoms in total. The number of nitrogens with one attached hydrogen (secondary N) is 1. The summed E-state index contributed by atoms with van der Waals surface area (Å²) in [5.41, 5.74) is 6.38. The zero-order valence-electron chi connectivity index (χ0n) is 15.4. The Balaban J connectivity index is 1.50. The van der Waals surface area contributed by atoms with E-state index < -0.39 is 0 Å². The number of rotatable bonds is 3. The van der Waals surface area contributed by atoms with Crippen LogP contribution in [0.1, 0.15) is 16.7 Å². The van der Waals surface area contributed by atoms with Crippen molar-refractivity contribution in [2.75, 3.05) is 31.2 Å². The summed E-state index contributed by atoms with van der Waals surface area (Å²) in [6, 6.07) is 13.9. The zero-order valence-corrected chi connectivity index (χ0v) is 15.4. The lowest BCUT2D eigenvalue weighted by Crippen LogP contribution is -2.36. The maximum Gasteiger partial charge on any atom is 0.247 e. The predicted molar refractivity (Wildman–Crippen MR) is 109 cm³/mol. The first-order chi connectivity index (χ1) is 13.8. The Hall–Kier alpha value is -3.25. The van der Waals surface area contributed by atoms with Gasteiger partial charge >= 0.3 is 0 Å². The molecule has 6 heteroatoms. The van der Waals surface area contributed by atoms with Crippen LogP contribution in [0.5, 0.6) is 0 Å². The molecule has 3 aromatic rings. The molecule has 0 amide bonds. The van der Waals surface area contributed by atoms with E-state index in [9.17, 15) is 4.79 Å². The van der Waals surface area contributed by atoms with Crippen molar-refractivity contribution in [2.24, 2.45) is 4.99 Å². The number of hydrogen-bond acceptors (Lipinski definition) is 5. The summed E-state index contributed by atoms with van der Waals surface area (Å²) < 4.78 is 5.45. The van der Waals surface area contributed by atoms with Crippen LogP contribution in [0.4, 0.5) is 5.82 Å². The number of hydrogen-bond donors (Lipinski definition) is 1. The van der Waals surface area contributed by atoms with E-state index in [2.05, 4.69) is 39.1 Å². The highest BCUT2D eigenvalue weighted by Crippen LogP contribution is 2.29. The smallest absolute Gasteiger partial charge is 0.247 e. The van der Waals surface area contributed by atoms with Gasteiger partial charge in [-0.25, -0.2) is 4.98 Å². The highest BCUT2D eigenvalue weighted by Gasteiger charge is 2.20. The number of H-pyrrole nitrogens is 1. The van der Waals surface area contributed by atoms with Crippen LogP contribution < -0.4 is 10.5 Å². The van der Waals surface area contributed by atoms with Crippen molar-refractivity contribution in [3.05, 3.63) is 81.9 Å². The molecule has 1 N–H and O–H groups in total. The Morgan fingerprint density at radius 3 is 2.64 bits per heavy atom. The molecule has 0 unspecified atom stereocenters. The molecule has 2 aromatic heterocycles. The molecule has 0 spiro atoms. The van der Waals surface area contributed by atoms with Gasteiger partial charge in [-0.15, -0.1) is 0 Å².